The van der Waals surface area contributed by atoms with E-state index in [9.17, 15) is 4.79 Å². The predicted octanol–water partition coefficient (Wildman–Crippen LogP) is 2.07. The van der Waals surface area contributed by atoms with Crippen LogP contribution in [0.15, 0.2) is 48.7 Å². The Kier molecular flexibility index (Phi) is 3.35. The van der Waals surface area contributed by atoms with Gasteiger partial charge >= 0.3 is 0 Å². The molecule has 0 aliphatic rings. The van der Waals surface area contributed by atoms with Crippen LogP contribution in [0.5, 0.6) is 0 Å². The third-order valence-corrected chi connectivity index (χ3v) is 2.19. The summed E-state index contributed by atoms with van der Waals surface area (Å²) in [6, 6.07) is 11.4. The Morgan fingerprint density at radius 1 is 1.29 bits per heavy atom. The Labute approximate surface area is 99.6 Å². The van der Waals surface area contributed by atoms with Gasteiger partial charge in [0.05, 0.1) is 0 Å². The van der Waals surface area contributed by atoms with Crippen LogP contribution < -0.4 is 5.32 Å². The molecule has 1 N–H and O–H groups in total. The summed E-state index contributed by atoms with van der Waals surface area (Å²) in [5, 5.41) is 6.73. The van der Waals surface area contributed by atoms with Crippen LogP contribution in [0, 0.1) is 0 Å². The van der Waals surface area contributed by atoms with E-state index < -0.39 is 0 Å². The fraction of sp³-hybridized carbons (Fsp3) is 0.0769. The van der Waals surface area contributed by atoms with Gasteiger partial charge < -0.3 is 5.32 Å². The van der Waals surface area contributed by atoms with Crippen LogP contribution in [0.3, 0.4) is 0 Å². The minimum atomic E-state index is -0.187. The minimum Gasteiger partial charge on any atom is -0.306 e. The number of hydrogen-bond donors (Lipinski definition) is 1. The lowest BCUT2D eigenvalue weighted by Crippen LogP contribution is -2.08. The van der Waals surface area contributed by atoms with E-state index in [4.69, 9.17) is 0 Å². The predicted molar refractivity (Wildman–Crippen MR) is 67.3 cm³/mol. The fourth-order valence-corrected chi connectivity index (χ4v) is 1.39. The molecule has 1 heterocycles. The lowest BCUT2D eigenvalue weighted by atomic mass is 10.2. The smallest absolute Gasteiger partial charge is 0.249 e. The van der Waals surface area contributed by atoms with E-state index >= 15 is 0 Å². The van der Waals surface area contributed by atoms with E-state index in [-0.39, 0.29) is 5.91 Å². The van der Waals surface area contributed by atoms with Crippen molar-refractivity contribution in [3.8, 4) is 0 Å². The van der Waals surface area contributed by atoms with Crippen molar-refractivity contribution in [2.45, 2.75) is 0 Å². The van der Waals surface area contributed by atoms with Crippen molar-refractivity contribution in [1.29, 1.82) is 0 Å². The summed E-state index contributed by atoms with van der Waals surface area (Å²) >= 11 is 0. The second-order valence-corrected chi connectivity index (χ2v) is 3.61. The van der Waals surface area contributed by atoms with Crippen LogP contribution >= 0.6 is 0 Å². The second kappa shape index (κ2) is 5.12. The molecule has 17 heavy (non-hydrogen) atoms. The largest absolute Gasteiger partial charge is 0.306 e. The van der Waals surface area contributed by atoms with Gasteiger partial charge in [-0.2, -0.15) is 5.10 Å². The third-order valence-electron chi connectivity index (χ3n) is 2.19. The molecule has 4 heteroatoms. The highest BCUT2D eigenvalue weighted by Crippen LogP contribution is 2.03. The van der Waals surface area contributed by atoms with Crippen LogP contribution in [0.4, 0.5) is 5.82 Å². The van der Waals surface area contributed by atoms with E-state index in [1.165, 1.54) is 6.08 Å². The molecule has 2 aromatic rings. The van der Waals surface area contributed by atoms with Gasteiger partial charge in [0.25, 0.3) is 0 Å². The molecule has 1 amide bonds. The van der Waals surface area contributed by atoms with Crippen molar-refractivity contribution in [3.63, 3.8) is 0 Å². The molecule has 0 atom stereocenters. The molecule has 0 spiro atoms. The van der Waals surface area contributed by atoms with Gasteiger partial charge in [-0.3, -0.25) is 9.48 Å². The van der Waals surface area contributed by atoms with E-state index in [1.54, 1.807) is 30.1 Å². The number of hydrogen-bond acceptors (Lipinski definition) is 2. The number of aryl methyl sites for hydroxylation is 1. The van der Waals surface area contributed by atoms with Crippen LogP contribution in [-0.2, 0) is 11.8 Å². The Balaban J connectivity index is 1.96. The molecule has 1 aromatic carbocycles. The normalized spacial score (nSPS) is 10.6. The fourth-order valence-electron chi connectivity index (χ4n) is 1.39. The summed E-state index contributed by atoms with van der Waals surface area (Å²) in [6.45, 7) is 0. The van der Waals surface area contributed by atoms with Gasteiger partial charge in [0.1, 0.15) is 0 Å². The number of nitrogens with zero attached hydrogens (tertiary/aromatic N) is 2. The first-order valence-corrected chi connectivity index (χ1v) is 5.28. The number of anilines is 1. The van der Waals surface area contributed by atoms with Gasteiger partial charge in [-0.1, -0.05) is 30.3 Å². The first kappa shape index (κ1) is 11.1. The summed E-state index contributed by atoms with van der Waals surface area (Å²) < 4.78 is 1.64. The van der Waals surface area contributed by atoms with E-state index in [1.807, 2.05) is 30.3 Å². The van der Waals surface area contributed by atoms with Gasteiger partial charge in [-0.25, -0.2) is 0 Å². The van der Waals surface area contributed by atoms with Crippen LogP contribution in [0.1, 0.15) is 5.56 Å². The van der Waals surface area contributed by atoms with Crippen molar-refractivity contribution in [2.24, 2.45) is 7.05 Å². The zero-order chi connectivity index (χ0) is 12.1. The molecule has 4 nitrogen and oxygen atoms in total. The van der Waals surface area contributed by atoms with Crippen molar-refractivity contribution in [1.82, 2.24) is 9.78 Å². The zero-order valence-corrected chi connectivity index (χ0v) is 9.50. The van der Waals surface area contributed by atoms with Crippen LogP contribution in [-0.4, -0.2) is 15.7 Å². The second-order valence-electron chi connectivity index (χ2n) is 3.61. The Morgan fingerprint density at radius 2 is 2.06 bits per heavy atom. The average molecular weight is 227 g/mol. The van der Waals surface area contributed by atoms with E-state index in [0.717, 1.165) is 5.56 Å². The van der Waals surface area contributed by atoms with E-state index in [0.29, 0.717) is 5.82 Å². The van der Waals surface area contributed by atoms with Gasteiger partial charge in [0.2, 0.25) is 5.91 Å². The number of nitrogens with one attached hydrogen (secondary N) is 1. The maximum absolute atomic E-state index is 11.5. The van der Waals surface area contributed by atoms with Gasteiger partial charge in [0, 0.05) is 25.4 Å². The number of carbonyl (C=O) groups is 1. The molecule has 0 fully saturated rings. The molecule has 2 rings (SSSR count). The maximum atomic E-state index is 11.5. The third kappa shape index (κ3) is 3.31. The number of carbonyl (C=O) groups excluding carboxylic acids is 1. The molecule has 0 saturated heterocycles. The lowest BCUT2D eigenvalue weighted by molar-refractivity contribution is -0.111. The van der Waals surface area contributed by atoms with Crippen LogP contribution in [0.2, 0.25) is 0 Å². The van der Waals surface area contributed by atoms with Crippen molar-refractivity contribution < 1.29 is 4.79 Å². The average Bonchev–Trinajstić information content (AvgIpc) is 2.73. The van der Waals surface area contributed by atoms with Gasteiger partial charge in [-0.05, 0) is 11.6 Å². The Hall–Kier alpha value is -2.36. The van der Waals surface area contributed by atoms with Gasteiger partial charge in [-0.15, -0.1) is 0 Å². The first-order chi connectivity index (χ1) is 8.24. The van der Waals surface area contributed by atoms with Crippen LogP contribution in [0.25, 0.3) is 6.08 Å². The molecule has 0 radical (unpaired) electrons. The van der Waals surface area contributed by atoms with Crippen molar-refractivity contribution >= 4 is 17.8 Å². The Bertz CT molecular complexity index is 529. The summed E-state index contributed by atoms with van der Waals surface area (Å²) in [5.74, 6) is 0.364. The zero-order valence-electron chi connectivity index (χ0n) is 9.50. The monoisotopic (exact) mass is 227 g/mol. The number of benzene rings is 1. The summed E-state index contributed by atoms with van der Waals surface area (Å²) in [4.78, 5) is 11.5. The van der Waals surface area contributed by atoms with E-state index in [2.05, 4.69) is 10.4 Å². The highest BCUT2D eigenvalue weighted by molar-refractivity contribution is 6.01. The number of rotatable bonds is 3. The Morgan fingerprint density at radius 3 is 2.71 bits per heavy atom. The maximum Gasteiger partial charge on any atom is 0.249 e. The van der Waals surface area contributed by atoms with Crippen molar-refractivity contribution in [2.75, 3.05) is 5.32 Å². The first-order valence-electron chi connectivity index (χ1n) is 5.28. The number of amides is 1. The summed E-state index contributed by atoms with van der Waals surface area (Å²) in [6.07, 6.45) is 5.03. The molecular formula is C13H13N3O. The molecule has 0 aliphatic carbocycles. The standard InChI is InChI=1S/C13H13N3O/c1-16-10-9-12(15-16)14-13(17)8-7-11-5-3-2-4-6-11/h2-10H,1H3,(H,14,15,17)/b8-7+. The highest BCUT2D eigenvalue weighted by Gasteiger charge is 1.99. The molecule has 0 unspecified atom stereocenters. The SMILES string of the molecule is Cn1ccc(NC(=O)/C=C/c2ccccc2)n1. The summed E-state index contributed by atoms with van der Waals surface area (Å²) in [5.41, 5.74) is 0.990. The van der Waals surface area contributed by atoms with Crippen molar-refractivity contribution in [3.05, 3.63) is 54.2 Å². The molecule has 1 aromatic heterocycles. The quantitative estimate of drug-likeness (QED) is 0.816. The molecule has 0 bridgehead atoms. The van der Waals surface area contributed by atoms with Gasteiger partial charge in [0.15, 0.2) is 5.82 Å². The summed E-state index contributed by atoms with van der Waals surface area (Å²) in [7, 11) is 1.80. The topological polar surface area (TPSA) is 46.9 Å². The minimum absolute atomic E-state index is 0.187. The lowest BCUT2D eigenvalue weighted by Gasteiger charge is -1.96. The molecular weight excluding hydrogens is 214 g/mol. The highest BCUT2D eigenvalue weighted by atomic mass is 16.1. The molecule has 0 saturated carbocycles. The number of aromatic nitrogens is 2. The molecule has 86 valence electrons. The molecule has 0 aliphatic heterocycles.